The van der Waals surface area contributed by atoms with Gasteiger partial charge in [0.2, 0.25) is 0 Å². The molecule has 0 spiro atoms. The van der Waals surface area contributed by atoms with Gasteiger partial charge in [0.25, 0.3) is 0 Å². The molecule has 27 heavy (non-hydrogen) atoms. The van der Waals surface area contributed by atoms with E-state index in [1.54, 1.807) is 0 Å². The van der Waals surface area contributed by atoms with Gasteiger partial charge >= 0.3 is 0 Å². The first-order valence-electron chi connectivity index (χ1n) is 10.4. The molecule has 0 aliphatic carbocycles. The number of aryl methyl sites for hydroxylation is 1. The zero-order valence-corrected chi connectivity index (χ0v) is 17.0. The molecule has 5 heteroatoms. The summed E-state index contributed by atoms with van der Waals surface area (Å²) in [6, 6.07) is 10.8. The summed E-state index contributed by atoms with van der Waals surface area (Å²) in [6.07, 6.45) is 6.19. The number of nitrogens with one attached hydrogen (secondary N) is 1. The third-order valence-electron chi connectivity index (χ3n) is 5.00. The number of anilines is 4. The number of nitrogens with zero attached hydrogens (tertiary/aromatic N) is 4. The van der Waals surface area contributed by atoms with E-state index in [-0.39, 0.29) is 0 Å². The van der Waals surface area contributed by atoms with Gasteiger partial charge in [-0.25, -0.2) is 9.97 Å². The molecule has 146 valence electrons. The Kier molecular flexibility index (Phi) is 6.91. The van der Waals surface area contributed by atoms with Crippen LogP contribution in [0.25, 0.3) is 0 Å². The molecule has 1 N–H and O–H groups in total. The van der Waals surface area contributed by atoms with Crippen LogP contribution >= 0.6 is 0 Å². The highest BCUT2D eigenvalue weighted by molar-refractivity contribution is 5.63. The van der Waals surface area contributed by atoms with E-state index in [0.717, 1.165) is 49.1 Å². The van der Waals surface area contributed by atoms with Crippen LogP contribution in [0, 0.1) is 6.92 Å². The van der Waals surface area contributed by atoms with Crippen molar-refractivity contribution < 1.29 is 0 Å². The van der Waals surface area contributed by atoms with E-state index in [4.69, 9.17) is 0 Å². The highest BCUT2D eigenvalue weighted by Crippen LogP contribution is 2.24. The molecule has 3 rings (SSSR count). The lowest BCUT2D eigenvalue weighted by Gasteiger charge is -2.28. The van der Waals surface area contributed by atoms with Crippen LogP contribution in [0.1, 0.15) is 51.8 Å². The Morgan fingerprint density at radius 3 is 2.26 bits per heavy atom. The van der Waals surface area contributed by atoms with Gasteiger partial charge in [-0.3, -0.25) is 0 Å². The van der Waals surface area contributed by atoms with Crippen molar-refractivity contribution in [3.8, 4) is 0 Å². The van der Waals surface area contributed by atoms with Crippen molar-refractivity contribution in [1.29, 1.82) is 0 Å². The van der Waals surface area contributed by atoms with Gasteiger partial charge in [-0.1, -0.05) is 13.8 Å². The molecule has 2 aromatic rings. The average molecular weight is 368 g/mol. The van der Waals surface area contributed by atoms with Crippen LogP contribution in [0.4, 0.5) is 23.0 Å². The van der Waals surface area contributed by atoms with E-state index in [0.29, 0.717) is 0 Å². The van der Waals surface area contributed by atoms with Crippen LogP contribution < -0.4 is 15.1 Å². The normalized spacial score (nSPS) is 14.3. The van der Waals surface area contributed by atoms with Crippen LogP contribution in [0.5, 0.6) is 0 Å². The van der Waals surface area contributed by atoms with Crippen molar-refractivity contribution in [3.63, 3.8) is 0 Å². The molecule has 0 unspecified atom stereocenters. The largest absolute Gasteiger partial charge is 0.372 e. The Labute approximate surface area is 163 Å². The predicted octanol–water partition coefficient (Wildman–Crippen LogP) is 5.15. The number of hydrogen-bond acceptors (Lipinski definition) is 5. The Bertz CT molecular complexity index is 701. The first-order valence-corrected chi connectivity index (χ1v) is 10.4. The lowest BCUT2D eigenvalue weighted by molar-refractivity contribution is 0.578. The third-order valence-corrected chi connectivity index (χ3v) is 5.00. The number of piperidine rings is 1. The van der Waals surface area contributed by atoms with Crippen LogP contribution in [0.15, 0.2) is 30.3 Å². The van der Waals surface area contributed by atoms with Crippen molar-refractivity contribution in [1.82, 2.24) is 9.97 Å². The Balaban J connectivity index is 1.72. The zero-order chi connectivity index (χ0) is 19.1. The quantitative estimate of drug-likeness (QED) is 0.699. The molecule has 1 fully saturated rings. The molecule has 0 bridgehead atoms. The van der Waals surface area contributed by atoms with Gasteiger partial charge < -0.3 is 15.1 Å². The van der Waals surface area contributed by atoms with E-state index in [9.17, 15) is 0 Å². The van der Waals surface area contributed by atoms with Gasteiger partial charge in [-0.15, -0.1) is 0 Å². The fourth-order valence-electron chi connectivity index (χ4n) is 3.71. The molecular weight excluding hydrogens is 334 g/mol. The molecule has 1 aliphatic rings. The van der Waals surface area contributed by atoms with Crippen molar-refractivity contribution in [3.05, 3.63) is 36.2 Å². The minimum Gasteiger partial charge on any atom is -0.372 e. The number of hydrogen-bond donors (Lipinski definition) is 1. The van der Waals surface area contributed by atoms with Crippen molar-refractivity contribution in [2.24, 2.45) is 0 Å². The first-order chi connectivity index (χ1) is 13.2. The van der Waals surface area contributed by atoms with Gasteiger partial charge in [0.05, 0.1) is 0 Å². The minimum absolute atomic E-state index is 0.803. The number of benzene rings is 1. The van der Waals surface area contributed by atoms with Gasteiger partial charge in [-0.2, -0.15) is 0 Å². The van der Waals surface area contributed by atoms with E-state index >= 15 is 0 Å². The molecule has 2 heterocycles. The Morgan fingerprint density at radius 1 is 0.963 bits per heavy atom. The van der Waals surface area contributed by atoms with Gasteiger partial charge in [0, 0.05) is 43.6 Å². The highest BCUT2D eigenvalue weighted by atomic mass is 15.2. The summed E-state index contributed by atoms with van der Waals surface area (Å²) in [7, 11) is 0. The average Bonchev–Trinajstić information content (AvgIpc) is 2.69. The second kappa shape index (κ2) is 9.58. The molecule has 1 aromatic carbocycles. The summed E-state index contributed by atoms with van der Waals surface area (Å²) in [5, 5.41) is 3.46. The van der Waals surface area contributed by atoms with E-state index < -0.39 is 0 Å². The molecule has 5 nitrogen and oxygen atoms in total. The second-order valence-electron chi connectivity index (χ2n) is 7.37. The van der Waals surface area contributed by atoms with Gasteiger partial charge in [-0.05, 0) is 63.3 Å². The fourth-order valence-corrected chi connectivity index (χ4v) is 3.71. The summed E-state index contributed by atoms with van der Waals surface area (Å²) < 4.78 is 0. The SMILES string of the molecule is CCCN(CCC)c1cc(Nc2ccc(N3CCCCC3)cc2)nc(C)n1. The van der Waals surface area contributed by atoms with E-state index in [1.807, 2.05) is 6.92 Å². The predicted molar refractivity (Wildman–Crippen MR) is 115 cm³/mol. The van der Waals surface area contributed by atoms with Crippen molar-refractivity contribution in [2.75, 3.05) is 41.3 Å². The van der Waals surface area contributed by atoms with Crippen molar-refractivity contribution >= 4 is 23.0 Å². The number of rotatable bonds is 8. The lowest BCUT2D eigenvalue weighted by atomic mass is 10.1. The molecule has 0 saturated carbocycles. The molecule has 1 aliphatic heterocycles. The van der Waals surface area contributed by atoms with Gasteiger partial charge in [0.1, 0.15) is 17.5 Å². The molecule has 0 atom stereocenters. The van der Waals surface area contributed by atoms with Crippen molar-refractivity contribution in [2.45, 2.75) is 52.9 Å². The molecule has 1 saturated heterocycles. The van der Waals surface area contributed by atoms with E-state index in [1.165, 1.54) is 38.0 Å². The molecular formula is C22H33N5. The number of aromatic nitrogens is 2. The standard InChI is InChI=1S/C22H33N5/c1-4-13-27(14-5-2)22-17-21(23-18(3)24-22)25-19-9-11-20(12-10-19)26-15-7-6-8-16-26/h9-12,17H,4-8,13-16H2,1-3H3,(H,23,24,25). The van der Waals surface area contributed by atoms with Crippen LogP contribution in [-0.2, 0) is 0 Å². The first kappa shape index (κ1) is 19.5. The minimum atomic E-state index is 0.803. The maximum Gasteiger partial charge on any atom is 0.136 e. The fraction of sp³-hybridized carbons (Fsp3) is 0.545. The van der Waals surface area contributed by atoms with Gasteiger partial charge in [0.15, 0.2) is 0 Å². The topological polar surface area (TPSA) is 44.3 Å². The smallest absolute Gasteiger partial charge is 0.136 e. The maximum absolute atomic E-state index is 4.66. The third kappa shape index (κ3) is 5.34. The monoisotopic (exact) mass is 367 g/mol. The summed E-state index contributed by atoms with van der Waals surface area (Å²) in [4.78, 5) is 14.1. The lowest BCUT2D eigenvalue weighted by Crippen LogP contribution is -2.29. The van der Waals surface area contributed by atoms with Crippen LogP contribution in [0.2, 0.25) is 0 Å². The second-order valence-corrected chi connectivity index (χ2v) is 7.37. The Morgan fingerprint density at radius 2 is 1.63 bits per heavy atom. The van der Waals surface area contributed by atoms with Crippen LogP contribution in [0.3, 0.4) is 0 Å². The summed E-state index contributed by atoms with van der Waals surface area (Å²) in [5.74, 6) is 2.68. The van der Waals surface area contributed by atoms with E-state index in [2.05, 4.69) is 69.3 Å². The summed E-state index contributed by atoms with van der Waals surface area (Å²) >= 11 is 0. The maximum atomic E-state index is 4.66. The zero-order valence-electron chi connectivity index (χ0n) is 17.0. The molecule has 0 radical (unpaired) electrons. The van der Waals surface area contributed by atoms with Crippen LogP contribution in [-0.4, -0.2) is 36.1 Å². The molecule has 1 aromatic heterocycles. The summed E-state index contributed by atoms with van der Waals surface area (Å²) in [6.45, 7) is 10.8. The highest BCUT2D eigenvalue weighted by Gasteiger charge is 2.12. The molecule has 0 amide bonds. The Hall–Kier alpha value is -2.30. The summed E-state index contributed by atoms with van der Waals surface area (Å²) in [5.41, 5.74) is 2.38.